The largest absolute Gasteiger partial charge is 0.422 e. The van der Waals surface area contributed by atoms with Crippen LogP contribution >= 0.6 is 0 Å². The standard InChI is InChI=1S/C24H29N5O/c1-4-10-27(11-5-1)20-8-12-28(13-9-20)24-26-23-22(30-24)14-21(15-25-23)29-16-18-6-2-3-7-19(18)17-29/h2-3,6-7,14-15,20H,1,4-5,8-13,16-17H2. The molecule has 2 saturated heterocycles. The lowest BCUT2D eigenvalue weighted by molar-refractivity contribution is 0.140. The monoisotopic (exact) mass is 403 g/mol. The highest BCUT2D eigenvalue weighted by Gasteiger charge is 2.28. The predicted molar refractivity (Wildman–Crippen MR) is 119 cm³/mol. The fraction of sp³-hybridized carbons (Fsp3) is 0.500. The molecule has 6 heteroatoms. The number of piperidine rings is 2. The molecule has 3 aliphatic rings. The number of pyridine rings is 1. The number of oxazole rings is 1. The molecule has 156 valence electrons. The Morgan fingerprint density at radius 1 is 0.867 bits per heavy atom. The lowest BCUT2D eigenvalue weighted by Crippen LogP contribution is -2.46. The van der Waals surface area contributed by atoms with E-state index in [1.807, 2.05) is 6.20 Å². The van der Waals surface area contributed by atoms with Gasteiger partial charge in [-0.2, -0.15) is 4.98 Å². The van der Waals surface area contributed by atoms with Gasteiger partial charge in [-0.25, -0.2) is 4.98 Å². The first-order chi connectivity index (χ1) is 14.8. The Morgan fingerprint density at radius 2 is 1.60 bits per heavy atom. The molecule has 0 aliphatic carbocycles. The molecule has 30 heavy (non-hydrogen) atoms. The number of rotatable bonds is 3. The summed E-state index contributed by atoms with van der Waals surface area (Å²) in [5.41, 5.74) is 5.39. The average Bonchev–Trinajstić information content (AvgIpc) is 3.43. The normalized spacial score (nSPS) is 20.8. The highest BCUT2D eigenvalue weighted by molar-refractivity contribution is 5.75. The second kappa shape index (κ2) is 7.58. The molecule has 6 nitrogen and oxygen atoms in total. The van der Waals surface area contributed by atoms with Gasteiger partial charge in [-0.05, 0) is 49.9 Å². The number of hydrogen-bond acceptors (Lipinski definition) is 6. The van der Waals surface area contributed by atoms with Crippen LogP contribution in [0.1, 0.15) is 43.2 Å². The van der Waals surface area contributed by atoms with Gasteiger partial charge in [-0.1, -0.05) is 30.7 Å². The van der Waals surface area contributed by atoms with Crippen molar-refractivity contribution in [2.24, 2.45) is 0 Å². The van der Waals surface area contributed by atoms with Crippen molar-refractivity contribution in [1.82, 2.24) is 14.9 Å². The minimum Gasteiger partial charge on any atom is -0.422 e. The topological polar surface area (TPSA) is 48.6 Å². The van der Waals surface area contributed by atoms with E-state index in [4.69, 9.17) is 9.40 Å². The van der Waals surface area contributed by atoms with Gasteiger partial charge in [-0.3, -0.25) is 0 Å². The highest BCUT2D eigenvalue weighted by atomic mass is 16.4. The molecule has 0 bridgehead atoms. The van der Waals surface area contributed by atoms with Gasteiger partial charge in [0.2, 0.25) is 5.65 Å². The zero-order valence-corrected chi connectivity index (χ0v) is 17.5. The first kappa shape index (κ1) is 18.2. The molecule has 0 atom stereocenters. The quantitative estimate of drug-likeness (QED) is 0.653. The summed E-state index contributed by atoms with van der Waals surface area (Å²) in [4.78, 5) is 16.7. The number of anilines is 2. The van der Waals surface area contributed by atoms with Crippen molar-refractivity contribution in [3.05, 3.63) is 47.7 Å². The van der Waals surface area contributed by atoms with Crippen LogP contribution in [0.5, 0.6) is 0 Å². The molecule has 3 aliphatic heterocycles. The van der Waals surface area contributed by atoms with Gasteiger partial charge in [0.1, 0.15) is 0 Å². The molecule has 2 aromatic heterocycles. The van der Waals surface area contributed by atoms with Crippen LogP contribution in [-0.2, 0) is 13.1 Å². The lowest BCUT2D eigenvalue weighted by atomic mass is 10.0. The summed E-state index contributed by atoms with van der Waals surface area (Å²) in [6, 6.07) is 12.2. The number of fused-ring (bicyclic) bond motifs is 2. The maximum absolute atomic E-state index is 6.18. The molecule has 1 aromatic carbocycles. The summed E-state index contributed by atoms with van der Waals surface area (Å²) in [7, 11) is 0. The smallest absolute Gasteiger partial charge is 0.299 e. The summed E-state index contributed by atoms with van der Waals surface area (Å²) >= 11 is 0. The van der Waals surface area contributed by atoms with Gasteiger partial charge in [0.05, 0.1) is 11.9 Å². The molecule has 0 saturated carbocycles. The van der Waals surface area contributed by atoms with Gasteiger partial charge in [0, 0.05) is 38.3 Å². The van der Waals surface area contributed by atoms with E-state index in [1.165, 1.54) is 56.3 Å². The number of hydrogen-bond donors (Lipinski definition) is 0. The van der Waals surface area contributed by atoms with Crippen LogP contribution in [-0.4, -0.2) is 47.1 Å². The molecular formula is C24H29N5O. The maximum atomic E-state index is 6.18. The Morgan fingerprint density at radius 3 is 2.33 bits per heavy atom. The van der Waals surface area contributed by atoms with Crippen molar-refractivity contribution >= 4 is 22.9 Å². The zero-order chi connectivity index (χ0) is 19.9. The molecular weight excluding hydrogens is 374 g/mol. The zero-order valence-electron chi connectivity index (χ0n) is 17.5. The molecule has 2 fully saturated rings. The van der Waals surface area contributed by atoms with Crippen molar-refractivity contribution < 1.29 is 4.42 Å². The number of likely N-dealkylation sites (tertiary alicyclic amines) is 1. The molecule has 0 amide bonds. The third kappa shape index (κ3) is 3.33. The van der Waals surface area contributed by atoms with Crippen molar-refractivity contribution in [1.29, 1.82) is 0 Å². The van der Waals surface area contributed by atoms with Crippen LogP contribution in [0, 0.1) is 0 Å². The molecule has 6 rings (SSSR count). The van der Waals surface area contributed by atoms with E-state index in [9.17, 15) is 0 Å². The fourth-order valence-corrected chi connectivity index (χ4v) is 5.33. The van der Waals surface area contributed by atoms with Gasteiger partial charge in [-0.15, -0.1) is 0 Å². The Kier molecular flexibility index (Phi) is 4.60. The van der Waals surface area contributed by atoms with E-state index in [1.54, 1.807) is 0 Å². The molecule has 3 aromatic rings. The van der Waals surface area contributed by atoms with Gasteiger partial charge >= 0.3 is 0 Å². The fourth-order valence-electron chi connectivity index (χ4n) is 5.33. The predicted octanol–water partition coefficient (Wildman–Crippen LogP) is 4.20. The highest BCUT2D eigenvalue weighted by Crippen LogP contribution is 2.31. The van der Waals surface area contributed by atoms with Crippen molar-refractivity contribution in [2.45, 2.75) is 51.2 Å². The van der Waals surface area contributed by atoms with Crippen LogP contribution in [0.2, 0.25) is 0 Å². The minimum atomic E-state index is 0.712. The lowest BCUT2D eigenvalue weighted by Gasteiger charge is -2.39. The van der Waals surface area contributed by atoms with E-state index in [2.05, 4.69) is 50.0 Å². The SMILES string of the molecule is c1ccc2c(c1)CN(c1cnc3nc(N4CCC(N5CCCCC5)CC4)oc3c1)C2. The summed E-state index contributed by atoms with van der Waals surface area (Å²) < 4.78 is 6.18. The average molecular weight is 404 g/mol. The Hall–Kier alpha value is -2.60. The van der Waals surface area contributed by atoms with Gasteiger partial charge in [0.25, 0.3) is 6.01 Å². The molecule has 0 radical (unpaired) electrons. The first-order valence-corrected chi connectivity index (χ1v) is 11.4. The second-order valence-corrected chi connectivity index (χ2v) is 8.95. The van der Waals surface area contributed by atoms with Crippen molar-refractivity contribution in [2.75, 3.05) is 36.0 Å². The van der Waals surface area contributed by atoms with Gasteiger partial charge in [0.15, 0.2) is 5.58 Å². The first-order valence-electron chi connectivity index (χ1n) is 11.4. The van der Waals surface area contributed by atoms with E-state index in [0.717, 1.165) is 49.5 Å². The van der Waals surface area contributed by atoms with E-state index in [-0.39, 0.29) is 0 Å². The maximum Gasteiger partial charge on any atom is 0.299 e. The summed E-state index contributed by atoms with van der Waals surface area (Å²) in [5, 5.41) is 0. The molecule has 0 unspecified atom stereocenters. The van der Waals surface area contributed by atoms with Crippen LogP contribution in [0.25, 0.3) is 11.2 Å². The molecule has 0 N–H and O–H groups in total. The summed E-state index contributed by atoms with van der Waals surface area (Å²) in [5.74, 6) is 0. The van der Waals surface area contributed by atoms with Gasteiger partial charge < -0.3 is 19.1 Å². The van der Waals surface area contributed by atoms with Crippen LogP contribution < -0.4 is 9.80 Å². The van der Waals surface area contributed by atoms with Crippen LogP contribution in [0.3, 0.4) is 0 Å². The minimum absolute atomic E-state index is 0.712. The van der Waals surface area contributed by atoms with E-state index in [0.29, 0.717) is 5.65 Å². The van der Waals surface area contributed by atoms with E-state index < -0.39 is 0 Å². The Bertz CT molecular complexity index is 1010. The van der Waals surface area contributed by atoms with Crippen LogP contribution in [0.4, 0.5) is 11.7 Å². The number of nitrogens with zero attached hydrogens (tertiary/aromatic N) is 5. The van der Waals surface area contributed by atoms with Crippen molar-refractivity contribution in [3.63, 3.8) is 0 Å². The number of benzene rings is 1. The third-order valence-electron chi connectivity index (χ3n) is 7.07. The number of aromatic nitrogens is 2. The molecule has 0 spiro atoms. The summed E-state index contributed by atoms with van der Waals surface area (Å²) in [6.07, 6.45) is 8.45. The second-order valence-electron chi connectivity index (χ2n) is 8.95. The Balaban J connectivity index is 1.16. The third-order valence-corrected chi connectivity index (χ3v) is 7.07. The Labute approximate surface area is 177 Å². The summed E-state index contributed by atoms with van der Waals surface area (Å²) in [6.45, 7) is 6.44. The van der Waals surface area contributed by atoms with Crippen LogP contribution in [0.15, 0.2) is 40.9 Å². The van der Waals surface area contributed by atoms with E-state index >= 15 is 0 Å². The van der Waals surface area contributed by atoms with Crippen molar-refractivity contribution in [3.8, 4) is 0 Å². The molecule has 5 heterocycles.